The molecule has 2 N–H and O–H groups in total. The molecule has 0 saturated heterocycles. The van der Waals surface area contributed by atoms with Crippen molar-refractivity contribution in [2.45, 2.75) is 19.4 Å². The molecule has 112 valence electrons. The van der Waals surface area contributed by atoms with Gasteiger partial charge in [-0.25, -0.2) is 4.79 Å². The third-order valence-corrected chi connectivity index (χ3v) is 3.23. The van der Waals surface area contributed by atoms with E-state index in [2.05, 4.69) is 4.98 Å². The molecule has 0 aliphatic carbocycles. The lowest BCUT2D eigenvalue weighted by atomic mass is 10.1. The van der Waals surface area contributed by atoms with Crippen LogP contribution >= 0.6 is 0 Å². The van der Waals surface area contributed by atoms with Crippen LogP contribution in [0.25, 0.3) is 11.0 Å². The van der Waals surface area contributed by atoms with Crippen molar-refractivity contribution in [1.82, 2.24) is 9.55 Å². The lowest BCUT2D eigenvalue weighted by Crippen LogP contribution is -2.46. The Morgan fingerprint density at radius 1 is 1.38 bits per heavy atom. The molecule has 2 rings (SSSR count). The molecule has 7 heteroatoms. The van der Waals surface area contributed by atoms with Crippen LogP contribution in [0.5, 0.6) is 0 Å². The first kappa shape index (κ1) is 15.0. The highest BCUT2D eigenvalue weighted by Gasteiger charge is 2.25. The predicted molar refractivity (Wildman–Crippen MR) is 77.0 cm³/mol. The molecule has 7 nitrogen and oxygen atoms in total. The van der Waals surface area contributed by atoms with Gasteiger partial charge in [0.05, 0.1) is 28.7 Å². The number of carbonyl (C=O) groups is 1. The summed E-state index contributed by atoms with van der Waals surface area (Å²) < 4.78 is 6.43. The average molecular weight is 292 g/mol. The van der Waals surface area contributed by atoms with E-state index in [9.17, 15) is 14.4 Å². The fraction of sp³-hybridized carbons (Fsp3) is 0.357. The van der Waals surface area contributed by atoms with Gasteiger partial charge in [0, 0.05) is 7.11 Å². The highest BCUT2D eigenvalue weighted by atomic mass is 16.5. The lowest BCUT2D eigenvalue weighted by molar-refractivity contribution is 0.0697. The number of ether oxygens (including phenoxy) is 1. The van der Waals surface area contributed by atoms with Crippen molar-refractivity contribution in [3.05, 3.63) is 44.5 Å². The highest BCUT2D eigenvalue weighted by Crippen LogP contribution is 2.20. The Morgan fingerprint density at radius 3 is 2.62 bits per heavy atom. The van der Waals surface area contributed by atoms with E-state index in [1.165, 1.54) is 29.9 Å². The number of hydrogen-bond donors (Lipinski definition) is 2. The first-order valence-corrected chi connectivity index (χ1v) is 6.30. The van der Waals surface area contributed by atoms with E-state index in [1.807, 2.05) is 0 Å². The Labute approximate surface area is 119 Å². The normalized spacial score (nSPS) is 11.8. The molecule has 1 aromatic heterocycles. The van der Waals surface area contributed by atoms with Crippen molar-refractivity contribution in [2.75, 3.05) is 13.7 Å². The summed E-state index contributed by atoms with van der Waals surface area (Å²) >= 11 is 0. The number of aromatic nitrogens is 2. The van der Waals surface area contributed by atoms with Crippen LogP contribution in [0.2, 0.25) is 0 Å². The number of nitrogens with zero attached hydrogens (tertiary/aromatic N) is 1. The first-order chi connectivity index (χ1) is 9.77. The second-order valence-electron chi connectivity index (χ2n) is 5.38. The van der Waals surface area contributed by atoms with E-state index in [4.69, 9.17) is 9.84 Å². The van der Waals surface area contributed by atoms with E-state index in [0.29, 0.717) is 11.0 Å². The van der Waals surface area contributed by atoms with Crippen molar-refractivity contribution in [2.24, 2.45) is 0 Å². The third-order valence-electron chi connectivity index (χ3n) is 3.23. The smallest absolute Gasteiger partial charge is 0.335 e. The lowest BCUT2D eigenvalue weighted by Gasteiger charge is -2.28. The number of H-pyrrole nitrogens is 1. The summed E-state index contributed by atoms with van der Waals surface area (Å²) in [6, 6.07) is 4.23. The average Bonchev–Trinajstić information content (AvgIpc) is 2.39. The van der Waals surface area contributed by atoms with Gasteiger partial charge in [-0.15, -0.1) is 0 Å². The number of aromatic carboxylic acids is 1. The van der Waals surface area contributed by atoms with Gasteiger partial charge in [-0.2, -0.15) is 0 Å². The van der Waals surface area contributed by atoms with Gasteiger partial charge < -0.3 is 14.8 Å². The fourth-order valence-electron chi connectivity index (χ4n) is 2.37. The van der Waals surface area contributed by atoms with Gasteiger partial charge in [-0.3, -0.25) is 14.2 Å². The molecule has 0 radical (unpaired) electrons. The number of benzene rings is 1. The van der Waals surface area contributed by atoms with Gasteiger partial charge in [0.25, 0.3) is 0 Å². The standard InChI is InChI=1S/C14H16N2O5/c1-14(2,7-21-3)16-10-5-4-8(13(19)20)6-9(10)15-11(17)12(16)18/h4-6H,7H2,1-3H3,(H,15,17)(H,19,20). The molecule has 0 fully saturated rings. The Bertz CT molecular complexity index is 816. The molecule has 21 heavy (non-hydrogen) atoms. The van der Waals surface area contributed by atoms with E-state index >= 15 is 0 Å². The van der Waals surface area contributed by atoms with Crippen LogP contribution in [0.15, 0.2) is 27.8 Å². The maximum absolute atomic E-state index is 12.2. The SMILES string of the molecule is COCC(C)(C)n1c(=O)c(=O)[nH]c2cc(C(=O)O)ccc21. The van der Waals surface area contributed by atoms with E-state index in [-0.39, 0.29) is 12.2 Å². The number of hydrogen-bond acceptors (Lipinski definition) is 4. The van der Waals surface area contributed by atoms with Gasteiger partial charge >= 0.3 is 17.1 Å². The van der Waals surface area contributed by atoms with Gasteiger partial charge in [0.2, 0.25) is 0 Å². The molecule has 0 spiro atoms. The molecule has 1 aromatic carbocycles. The van der Waals surface area contributed by atoms with Gasteiger partial charge in [-0.05, 0) is 32.0 Å². The second-order valence-corrected chi connectivity index (χ2v) is 5.38. The van der Waals surface area contributed by atoms with Crippen LogP contribution in [0.3, 0.4) is 0 Å². The number of aromatic amines is 1. The highest BCUT2D eigenvalue weighted by molar-refractivity contribution is 5.92. The zero-order chi connectivity index (χ0) is 15.8. The monoisotopic (exact) mass is 292 g/mol. The summed E-state index contributed by atoms with van der Waals surface area (Å²) in [7, 11) is 1.50. The van der Waals surface area contributed by atoms with E-state index in [0.717, 1.165) is 0 Å². The van der Waals surface area contributed by atoms with Crippen molar-refractivity contribution < 1.29 is 14.6 Å². The Morgan fingerprint density at radius 2 is 2.05 bits per heavy atom. The summed E-state index contributed by atoms with van der Waals surface area (Å²) in [5, 5.41) is 9.00. The second kappa shape index (κ2) is 5.17. The van der Waals surface area contributed by atoms with Gasteiger partial charge in [-0.1, -0.05) is 0 Å². The molecule has 0 atom stereocenters. The Kier molecular flexibility index (Phi) is 3.69. The van der Waals surface area contributed by atoms with E-state index < -0.39 is 22.6 Å². The number of fused-ring (bicyclic) bond motifs is 1. The van der Waals surface area contributed by atoms with Crippen LogP contribution in [0, 0.1) is 0 Å². The number of nitrogens with one attached hydrogen (secondary N) is 1. The van der Waals surface area contributed by atoms with Crippen molar-refractivity contribution in [1.29, 1.82) is 0 Å². The number of methoxy groups -OCH3 is 1. The van der Waals surface area contributed by atoms with Crippen molar-refractivity contribution >= 4 is 17.0 Å². The van der Waals surface area contributed by atoms with Crippen LogP contribution in [0.4, 0.5) is 0 Å². The minimum absolute atomic E-state index is 0.0351. The quantitative estimate of drug-likeness (QED) is 0.810. The van der Waals surface area contributed by atoms with Crippen LogP contribution in [0.1, 0.15) is 24.2 Å². The third kappa shape index (κ3) is 2.59. The minimum atomic E-state index is -1.10. The molecule has 0 amide bonds. The van der Waals surface area contributed by atoms with E-state index in [1.54, 1.807) is 13.8 Å². The molecule has 1 heterocycles. The number of carboxylic acid groups (broad SMARTS) is 1. The summed E-state index contributed by atoms with van der Waals surface area (Å²) in [6.45, 7) is 3.76. The molecule has 0 unspecified atom stereocenters. The largest absolute Gasteiger partial charge is 0.478 e. The maximum Gasteiger partial charge on any atom is 0.335 e. The number of rotatable bonds is 4. The molecule has 0 bridgehead atoms. The zero-order valence-corrected chi connectivity index (χ0v) is 12.0. The van der Waals surface area contributed by atoms with Crippen LogP contribution < -0.4 is 11.1 Å². The van der Waals surface area contributed by atoms with Crippen molar-refractivity contribution in [3.63, 3.8) is 0 Å². The summed E-state index contributed by atoms with van der Waals surface area (Å²) in [4.78, 5) is 37.4. The molecular weight excluding hydrogens is 276 g/mol. The number of carboxylic acids is 1. The molecule has 0 saturated carbocycles. The first-order valence-electron chi connectivity index (χ1n) is 6.30. The Balaban J connectivity index is 2.87. The predicted octanol–water partition coefficient (Wildman–Crippen LogP) is 0.770. The molecule has 2 aromatic rings. The summed E-state index contributed by atoms with van der Waals surface area (Å²) in [6.07, 6.45) is 0. The fourth-order valence-corrected chi connectivity index (χ4v) is 2.37. The van der Waals surface area contributed by atoms with Crippen molar-refractivity contribution in [3.8, 4) is 0 Å². The van der Waals surface area contributed by atoms with Crippen LogP contribution in [-0.2, 0) is 10.3 Å². The molecular formula is C14H16N2O5. The molecule has 0 aliphatic heterocycles. The van der Waals surface area contributed by atoms with Gasteiger partial charge in [0.15, 0.2) is 0 Å². The topological polar surface area (TPSA) is 101 Å². The zero-order valence-electron chi connectivity index (χ0n) is 12.0. The van der Waals surface area contributed by atoms with Gasteiger partial charge in [0.1, 0.15) is 0 Å². The minimum Gasteiger partial charge on any atom is -0.478 e. The summed E-state index contributed by atoms with van der Waals surface area (Å²) in [5.41, 5.74) is -1.46. The molecule has 0 aliphatic rings. The summed E-state index contributed by atoms with van der Waals surface area (Å²) in [5.74, 6) is -1.10. The van der Waals surface area contributed by atoms with Crippen LogP contribution in [-0.4, -0.2) is 34.3 Å². The Hall–Kier alpha value is -2.41. The maximum atomic E-state index is 12.2.